The zero-order valence-electron chi connectivity index (χ0n) is 14.7. The molecule has 28 heavy (non-hydrogen) atoms. The molecule has 0 radical (unpaired) electrons. The molecule has 146 valence electrons. The van der Waals surface area contributed by atoms with Gasteiger partial charge in [0.15, 0.2) is 5.65 Å². The Morgan fingerprint density at radius 1 is 1.04 bits per heavy atom. The normalized spacial score (nSPS) is 15.3. The van der Waals surface area contributed by atoms with E-state index in [-0.39, 0.29) is 22.3 Å². The Morgan fingerprint density at radius 2 is 1.71 bits per heavy atom. The first-order valence-electron chi connectivity index (χ1n) is 8.67. The monoisotopic (exact) mass is 408 g/mol. The van der Waals surface area contributed by atoms with E-state index in [0.717, 1.165) is 22.4 Å². The van der Waals surface area contributed by atoms with Gasteiger partial charge in [0.1, 0.15) is 5.69 Å². The van der Waals surface area contributed by atoms with Crippen molar-refractivity contribution in [3.8, 4) is 0 Å². The number of carbonyl (C=O) groups excluding carboxylic acids is 1. The molecule has 1 amide bonds. The number of alkyl halides is 3. The minimum absolute atomic E-state index is 0.0781. The summed E-state index contributed by atoms with van der Waals surface area (Å²) in [7, 11) is 0. The zero-order chi connectivity index (χ0) is 19.9. The van der Waals surface area contributed by atoms with Crippen molar-refractivity contribution in [2.75, 3.05) is 31.1 Å². The predicted molar refractivity (Wildman–Crippen MR) is 99.8 cm³/mol. The number of anilines is 1. The zero-order valence-corrected chi connectivity index (χ0v) is 15.4. The molecule has 1 aliphatic rings. The average molecular weight is 409 g/mol. The number of pyridine rings is 1. The Hall–Kier alpha value is -2.74. The molecule has 0 saturated carbocycles. The molecular weight excluding hydrogens is 393 g/mol. The molecule has 4 rings (SSSR count). The first-order chi connectivity index (χ1) is 13.3. The summed E-state index contributed by atoms with van der Waals surface area (Å²) in [5.74, 6) is -0.318. The summed E-state index contributed by atoms with van der Waals surface area (Å²) in [5, 5.41) is -0.150. The number of carbonyl (C=O) groups is 1. The molecule has 5 nitrogen and oxygen atoms in total. The van der Waals surface area contributed by atoms with Crippen LogP contribution in [-0.4, -0.2) is 46.4 Å². The minimum atomic E-state index is -4.53. The van der Waals surface area contributed by atoms with Crippen molar-refractivity contribution in [2.45, 2.75) is 6.18 Å². The van der Waals surface area contributed by atoms with E-state index in [1.54, 1.807) is 4.90 Å². The molecule has 1 saturated heterocycles. The van der Waals surface area contributed by atoms with Crippen LogP contribution in [0.5, 0.6) is 0 Å². The van der Waals surface area contributed by atoms with E-state index in [9.17, 15) is 18.0 Å². The second-order valence-electron chi connectivity index (χ2n) is 6.55. The van der Waals surface area contributed by atoms with Gasteiger partial charge in [0.2, 0.25) is 0 Å². The van der Waals surface area contributed by atoms with Crippen LogP contribution in [0, 0.1) is 0 Å². The van der Waals surface area contributed by atoms with E-state index in [0.29, 0.717) is 26.2 Å². The van der Waals surface area contributed by atoms with Crippen molar-refractivity contribution in [3.63, 3.8) is 0 Å². The second kappa shape index (κ2) is 7.01. The number of benzene rings is 1. The van der Waals surface area contributed by atoms with Crippen LogP contribution < -0.4 is 4.90 Å². The number of piperazine rings is 1. The van der Waals surface area contributed by atoms with E-state index in [4.69, 9.17) is 11.6 Å². The number of hydrogen-bond acceptors (Lipinski definition) is 3. The second-order valence-corrected chi connectivity index (χ2v) is 6.95. The lowest BCUT2D eigenvalue weighted by Crippen LogP contribution is -2.48. The Bertz CT molecular complexity index is 1010. The maximum absolute atomic E-state index is 13.0. The summed E-state index contributed by atoms with van der Waals surface area (Å²) in [4.78, 5) is 20.8. The molecule has 2 aromatic heterocycles. The van der Waals surface area contributed by atoms with E-state index in [2.05, 4.69) is 9.88 Å². The SMILES string of the molecule is O=C(c1cn2cc(C(F)(F)F)cc(Cl)c2n1)N1CCN(c2ccccc2)CC1. The number of hydrogen-bond donors (Lipinski definition) is 0. The molecule has 3 aromatic rings. The molecule has 9 heteroatoms. The van der Waals surface area contributed by atoms with Crippen molar-refractivity contribution in [1.82, 2.24) is 14.3 Å². The molecule has 0 unspecified atom stereocenters. The van der Waals surface area contributed by atoms with Gasteiger partial charge in [-0.3, -0.25) is 4.79 Å². The summed E-state index contributed by atoms with van der Waals surface area (Å²) >= 11 is 5.94. The third-order valence-electron chi connectivity index (χ3n) is 4.74. The molecule has 1 aromatic carbocycles. The Balaban J connectivity index is 1.52. The molecule has 1 aliphatic heterocycles. The van der Waals surface area contributed by atoms with Gasteiger partial charge < -0.3 is 14.2 Å². The van der Waals surface area contributed by atoms with Crippen LogP contribution >= 0.6 is 11.6 Å². The van der Waals surface area contributed by atoms with Gasteiger partial charge in [-0.1, -0.05) is 29.8 Å². The van der Waals surface area contributed by atoms with E-state index < -0.39 is 11.7 Å². The minimum Gasteiger partial charge on any atom is -0.368 e. The number of rotatable bonds is 2. The Morgan fingerprint density at radius 3 is 2.36 bits per heavy atom. The van der Waals surface area contributed by atoms with Crippen LogP contribution in [0.15, 0.2) is 48.8 Å². The summed E-state index contributed by atoms with van der Waals surface area (Å²) < 4.78 is 40.0. The quantitative estimate of drug-likeness (QED) is 0.644. The van der Waals surface area contributed by atoms with E-state index in [1.165, 1.54) is 6.20 Å². The van der Waals surface area contributed by atoms with Crippen LogP contribution in [0.4, 0.5) is 18.9 Å². The van der Waals surface area contributed by atoms with Crippen LogP contribution in [0.1, 0.15) is 16.1 Å². The van der Waals surface area contributed by atoms with Crippen molar-refractivity contribution >= 4 is 28.8 Å². The van der Waals surface area contributed by atoms with Gasteiger partial charge in [-0.2, -0.15) is 13.2 Å². The highest BCUT2D eigenvalue weighted by molar-refractivity contribution is 6.33. The topological polar surface area (TPSA) is 40.9 Å². The Kier molecular flexibility index (Phi) is 4.66. The smallest absolute Gasteiger partial charge is 0.368 e. The largest absolute Gasteiger partial charge is 0.417 e. The van der Waals surface area contributed by atoms with E-state index >= 15 is 0 Å². The number of halogens is 4. The lowest BCUT2D eigenvalue weighted by atomic mass is 10.2. The molecule has 0 N–H and O–H groups in total. The fraction of sp³-hybridized carbons (Fsp3) is 0.263. The van der Waals surface area contributed by atoms with Crippen molar-refractivity contribution in [1.29, 1.82) is 0 Å². The van der Waals surface area contributed by atoms with Gasteiger partial charge in [-0.05, 0) is 18.2 Å². The summed E-state index contributed by atoms with van der Waals surface area (Å²) in [6.07, 6.45) is -2.35. The number of para-hydroxylation sites is 1. The van der Waals surface area contributed by atoms with Gasteiger partial charge in [-0.25, -0.2) is 4.98 Å². The first kappa shape index (κ1) is 18.6. The van der Waals surface area contributed by atoms with Gasteiger partial charge in [-0.15, -0.1) is 0 Å². The van der Waals surface area contributed by atoms with Crippen LogP contribution in [-0.2, 0) is 6.18 Å². The maximum Gasteiger partial charge on any atom is 0.417 e. The van der Waals surface area contributed by atoms with Crippen molar-refractivity contribution in [2.24, 2.45) is 0 Å². The molecule has 1 fully saturated rings. The highest BCUT2D eigenvalue weighted by atomic mass is 35.5. The first-order valence-corrected chi connectivity index (χ1v) is 9.05. The number of amides is 1. The molecule has 0 atom stereocenters. The summed E-state index contributed by atoms with van der Waals surface area (Å²) in [5.41, 5.74) is 0.405. The van der Waals surface area contributed by atoms with Crippen LogP contribution in [0.3, 0.4) is 0 Å². The van der Waals surface area contributed by atoms with Crippen molar-refractivity contribution in [3.05, 3.63) is 65.1 Å². The van der Waals surface area contributed by atoms with Gasteiger partial charge in [0, 0.05) is 44.3 Å². The fourth-order valence-electron chi connectivity index (χ4n) is 3.28. The summed E-state index contributed by atoms with van der Waals surface area (Å²) in [6, 6.07) is 10.7. The lowest BCUT2D eigenvalue weighted by molar-refractivity contribution is -0.137. The lowest BCUT2D eigenvalue weighted by Gasteiger charge is -2.35. The third-order valence-corrected chi connectivity index (χ3v) is 5.02. The highest BCUT2D eigenvalue weighted by Gasteiger charge is 2.32. The Labute approximate surface area is 163 Å². The number of nitrogens with zero attached hydrogens (tertiary/aromatic N) is 4. The number of imidazole rings is 1. The maximum atomic E-state index is 13.0. The third kappa shape index (κ3) is 3.52. The van der Waals surface area contributed by atoms with Gasteiger partial charge >= 0.3 is 6.18 Å². The highest BCUT2D eigenvalue weighted by Crippen LogP contribution is 2.32. The number of fused-ring (bicyclic) bond motifs is 1. The molecule has 3 heterocycles. The summed E-state index contributed by atoms with van der Waals surface area (Å²) in [6.45, 7) is 2.34. The molecule has 0 bridgehead atoms. The van der Waals surface area contributed by atoms with Crippen LogP contribution in [0.25, 0.3) is 5.65 Å². The van der Waals surface area contributed by atoms with Gasteiger partial charge in [0.25, 0.3) is 5.91 Å². The molecule has 0 spiro atoms. The molecular formula is C19H16ClF3N4O. The standard InChI is InChI=1S/C19H16ClF3N4O/c20-15-10-13(19(21,22)23)11-27-12-16(24-17(15)27)18(28)26-8-6-25(7-9-26)14-4-2-1-3-5-14/h1-5,10-12H,6-9H2. The average Bonchev–Trinajstić information content (AvgIpc) is 3.12. The van der Waals surface area contributed by atoms with Gasteiger partial charge in [0.05, 0.1) is 10.6 Å². The van der Waals surface area contributed by atoms with Crippen molar-refractivity contribution < 1.29 is 18.0 Å². The fourth-order valence-corrected chi connectivity index (χ4v) is 3.54. The number of aromatic nitrogens is 2. The van der Waals surface area contributed by atoms with Crippen LogP contribution in [0.2, 0.25) is 5.02 Å². The molecule has 0 aliphatic carbocycles. The predicted octanol–water partition coefficient (Wildman–Crippen LogP) is 3.97. The van der Waals surface area contributed by atoms with E-state index in [1.807, 2.05) is 30.3 Å².